The van der Waals surface area contributed by atoms with Crippen LogP contribution in [0.4, 0.5) is 4.79 Å². The quantitative estimate of drug-likeness (QED) is 0.189. The number of carbonyl (C=O) groups is 6. The van der Waals surface area contributed by atoms with Gasteiger partial charge < -0.3 is 28.4 Å². The number of carbonyl (C=O) groups excluding carboxylic acids is 6. The molecular formula is C25H37NO12. The van der Waals surface area contributed by atoms with Crippen LogP contribution in [0.15, 0.2) is 0 Å². The standard InChI is InChI=1S/C25H37NO12/c1-6-7-8-9-10-11-12-18-23(31)26(25(32)38-18)24-22(36-17(5)30)21(35-16(4)29)20(34-15(3)28)19(37-24)13-33-14(2)27/h18-22,24H,6-13H2,1-5H3/t18?,19-,20-,21+,22-,24-/m1/s1. The van der Waals surface area contributed by atoms with E-state index in [1.165, 1.54) is 0 Å². The first kappa shape index (κ1) is 31.0. The number of ether oxygens (including phenoxy) is 6. The summed E-state index contributed by atoms with van der Waals surface area (Å²) in [4.78, 5) is 74.0. The summed E-state index contributed by atoms with van der Waals surface area (Å²) in [5.74, 6) is -3.87. The zero-order valence-electron chi connectivity index (χ0n) is 22.5. The molecule has 2 rings (SSSR count). The average Bonchev–Trinajstić information content (AvgIpc) is 3.09. The largest absolute Gasteiger partial charge is 0.463 e. The van der Waals surface area contributed by atoms with Crippen LogP contribution in [0.25, 0.3) is 0 Å². The molecule has 13 heteroatoms. The number of amides is 2. The number of unbranched alkanes of at least 4 members (excludes halogenated alkanes) is 5. The lowest BCUT2D eigenvalue weighted by molar-refractivity contribution is -0.270. The van der Waals surface area contributed by atoms with Gasteiger partial charge in [-0.2, -0.15) is 0 Å². The fourth-order valence-corrected chi connectivity index (χ4v) is 4.41. The molecule has 2 heterocycles. The van der Waals surface area contributed by atoms with E-state index < -0.39 is 79.2 Å². The molecular weight excluding hydrogens is 506 g/mol. The van der Waals surface area contributed by atoms with Gasteiger partial charge in [0.15, 0.2) is 30.6 Å². The van der Waals surface area contributed by atoms with E-state index in [0.717, 1.165) is 59.8 Å². The highest BCUT2D eigenvalue weighted by Crippen LogP contribution is 2.34. The SMILES string of the molecule is CCCCCCCCC1OC(=O)N([C@@H]2O[C@H](COC(C)=O)[C@@H](OC(C)=O)[C@H](OC(C)=O)[C@H]2OC(C)=O)C1=O. The molecule has 2 amide bonds. The van der Waals surface area contributed by atoms with Crippen LogP contribution >= 0.6 is 0 Å². The summed E-state index contributed by atoms with van der Waals surface area (Å²) in [5.41, 5.74) is 0. The highest BCUT2D eigenvalue weighted by molar-refractivity contribution is 6.00. The Morgan fingerprint density at radius 3 is 1.89 bits per heavy atom. The van der Waals surface area contributed by atoms with Gasteiger partial charge in [0.2, 0.25) is 0 Å². The molecule has 0 bridgehead atoms. The molecule has 0 spiro atoms. The van der Waals surface area contributed by atoms with Crippen LogP contribution in [0.1, 0.15) is 79.6 Å². The second-order valence-electron chi connectivity index (χ2n) is 9.23. The monoisotopic (exact) mass is 543 g/mol. The molecule has 2 aliphatic rings. The molecule has 2 fully saturated rings. The molecule has 2 aliphatic heterocycles. The Morgan fingerprint density at radius 1 is 0.763 bits per heavy atom. The average molecular weight is 544 g/mol. The molecule has 0 aromatic heterocycles. The summed E-state index contributed by atoms with van der Waals surface area (Å²) in [6.07, 6.45) is -3.39. The van der Waals surface area contributed by atoms with Gasteiger partial charge in [0.25, 0.3) is 5.91 Å². The van der Waals surface area contributed by atoms with E-state index in [1.807, 2.05) is 0 Å². The lowest BCUT2D eigenvalue weighted by Gasteiger charge is -2.45. The van der Waals surface area contributed by atoms with Gasteiger partial charge >= 0.3 is 30.0 Å². The van der Waals surface area contributed by atoms with Crippen LogP contribution in [0.2, 0.25) is 0 Å². The summed E-state index contributed by atoms with van der Waals surface area (Å²) in [6.45, 7) is 6.01. The number of esters is 4. The van der Waals surface area contributed by atoms with Crippen molar-refractivity contribution < 1.29 is 57.2 Å². The van der Waals surface area contributed by atoms with E-state index in [0.29, 0.717) is 17.7 Å². The molecule has 0 N–H and O–H groups in total. The zero-order chi connectivity index (χ0) is 28.4. The molecule has 38 heavy (non-hydrogen) atoms. The summed E-state index contributed by atoms with van der Waals surface area (Å²) in [5, 5.41) is 0. The molecule has 6 atom stereocenters. The zero-order valence-corrected chi connectivity index (χ0v) is 22.5. The fourth-order valence-electron chi connectivity index (χ4n) is 4.41. The minimum absolute atomic E-state index is 0.290. The van der Waals surface area contributed by atoms with Crippen molar-refractivity contribution in [2.24, 2.45) is 0 Å². The third-order valence-electron chi connectivity index (χ3n) is 5.99. The summed E-state index contributed by atoms with van der Waals surface area (Å²) in [6, 6.07) is 0. The highest BCUT2D eigenvalue weighted by atomic mass is 16.7. The van der Waals surface area contributed by atoms with Crippen LogP contribution in [-0.4, -0.2) is 84.1 Å². The topological polar surface area (TPSA) is 161 Å². The summed E-state index contributed by atoms with van der Waals surface area (Å²) < 4.78 is 32.2. The molecule has 0 aromatic rings. The lowest BCUT2D eigenvalue weighted by Crippen LogP contribution is -2.67. The van der Waals surface area contributed by atoms with Crippen molar-refractivity contribution in [3.8, 4) is 0 Å². The first-order valence-electron chi connectivity index (χ1n) is 12.8. The normalized spacial score (nSPS) is 26.9. The summed E-state index contributed by atoms with van der Waals surface area (Å²) >= 11 is 0. The molecule has 0 radical (unpaired) electrons. The maximum absolute atomic E-state index is 13.3. The van der Waals surface area contributed by atoms with E-state index in [-0.39, 0.29) is 0 Å². The third-order valence-corrected chi connectivity index (χ3v) is 5.99. The van der Waals surface area contributed by atoms with Gasteiger partial charge in [-0.25, -0.2) is 9.69 Å². The Labute approximate surface area is 221 Å². The van der Waals surface area contributed by atoms with Gasteiger partial charge in [-0.15, -0.1) is 0 Å². The number of hydrogen-bond donors (Lipinski definition) is 0. The van der Waals surface area contributed by atoms with E-state index in [2.05, 4.69) is 6.92 Å². The molecule has 214 valence electrons. The Balaban J connectivity index is 2.35. The van der Waals surface area contributed by atoms with Crippen molar-refractivity contribution in [1.29, 1.82) is 0 Å². The van der Waals surface area contributed by atoms with Crippen LogP contribution < -0.4 is 0 Å². The first-order valence-corrected chi connectivity index (χ1v) is 12.8. The van der Waals surface area contributed by atoms with E-state index in [4.69, 9.17) is 28.4 Å². The minimum Gasteiger partial charge on any atom is -0.463 e. The maximum Gasteiger partial charge on any atom is 0.419 e. The number of hydrogen-bond acceptors (Lipinski definition) is 12. The molecule has 0 saturated carbocycles. The second-order valence-corrected chi connectivity index (χ2v) is 9.23. The van der Waals surface area contributed by atoms with Crippen molar-refractivity contribution in [2.75, 3.05) is 6.61 Å². The fraction of sp³-hybridized carbons (Fsp3) is 0.760. The third kappa shape index (κ3) is 8.67. The Morgan fingerprint density at radius 2 is 1.32 bits per heavy atom. The Hall–Kier alpha value is -3.22. The highest BCUT2D eigenvalue weighted by Gasteiger charge is 2.58. The summed E-state index contributed by atoms with van der Waals surface area (Å²) in [7, 11) is 0. The van der Waals surface area contributed by atoms with Crippen molar-refractivity contribution in [2.45, 2.75) is 116 Å². The van der Waals surface area contributed by atoms with Gasteiger partial charge in [0.1, 0.15) is 12.7 Å². The predicted octanol–water partition coefficient (Wildman–Crippen LogP) is 2.17. The van der Waals surface area contributed by atoms with Crippen molar-refractivity contribution >= 4 is 35.9 Å². The van der Waals surface area contributed by atoms with Crippen LogP contribution in [0.3, 0.4) is 0 Å². The van der Waals surface area contributed by atoms with Gasteiger partial charge in [0, 0.05) is 27.7 Å². The molecule has 13 nitrogen and oxygen atoms in total. The minimum atomic E-state index is -1.62. The Bertz CT molecular complexity index is 890. The van der Waals surface area contributed by atoms with Gasteiger partial charge in [-0.1, -0.05) is 39.0 Å². The van der Waals surface area contributed by atoms with Gasteiger partial charge in [0.05, 0.1) is 0 Å². The number of cyclic esters (lactones) is 1. The van der Waals surface area contributed by atoms with Crippen LogP contribution in [0, 0.1) is 0 Å². The smallest absolute Gasteiger partial charge is 0.419 e. The predicted molar refractivity (Wildman–Crippen MR) is 127 cm³/mol. The van der Waals surface area contributed by atoms with Crippen molar-refractivity contribution in [3.63, 3.8) is 0 Å². The number of imide groups is 1. The second kappa shape index (κ2) is 14.6. The number of rotatable bonds is 13. The maximum atomic E-state index is 13.3. The molecule has 0 aromatic carbocycles. The number of nitrogens with zero attached hydrogens (tertiary/aromatic N) is 1. The van der Waals surface area contributed by atoms with Crippen molar-refractivity contribution in [3.05, 3.63) is 0 Å². The van der Waals surface area contributed by atoms with Crippen LogP contribution in [-0.2, 0) is 52.4 Å². The molecule has 1 unspecified atom stereocenters. The molecule has 0 aliphatic carbocycles. The van der Waals surface area contributed by atoms with Crippen molar-refractivity contribution in [1.82, 2.24) is 4.90 Å². The first-order chi connectivity index (χ1) is 18.0. The van der Waals surface area contributed by atoms with E-state index >= 15 is 0 Å². The van der Waals surface area contributed by atoms with E-state index in [1.54, 1.807) is 0 Å². The van der Waals surface area contributed by atoms with Crippen LogP contribution in [0.5, 0.6) is 0 Å². The molecule has 2 saturated heterocycles. The Kier molecular flexibility index (Phi) is 11.9. The van der Waals surface area contributed by atoms with Gasteiger partial charge in [-0.3, -0.25) is 24.0 Å². The van der Waals surface area contributed by atoms with E-state index in [9.17, 15) is 28.8 Å². The lowest BCUT2D eigenvalue weighted by atomic mass is 9.96. The van der Waals surface area contributed by atoms with Gasteiger partial charge in [-0.05, 0) is 12.8 Å².